The van der Waals surface area contributed by atoms with Gasteiger partial charge in [0.25, 0.3) is 0 Å². The van der Waals surface area contributed by atoms with E-state index in [1.165, 1.54) is 40.9 Å². The van der Waals surface area contributed by atoms with Crippen molar-refractivity contribution in [1.29, 1.82) is 0 Å². The van der Waals surface area contributed by atoms with Crippen LogP contribution < -0.4 is 0 Å². The Kier molecular flexibility index (Phi) is 10.1. The van der Waals surface area contributed by atoms with Crippen molar-refractivity contribution in [2.45, 2.75) is 109 Å². The van der Waals surface area contributed by atoms with E-state index in [0.717, 1.165) is 32.1 Å². The lowest BCUT2D eigenvalue weighted by Gasteiger charge is -2.28. The zero-order chi connectivity index (χ0) is 24.7. The molecule has 0 spiro atoms. The van der Waals surface area contributed by atoms with E-state index in [9.17, 15) is 4.79 Å². The highest BCUT2D eigenvalue weighted by molar-refractivity contribution is 8.00. The van der Waals surface area contributed by atoms with Gasteiger partial charge in [-0.3, -0.25) is 9.48 Å². The number of hydrogen-bond donors (Lipinski definition) is 0. The van der Waals surface area contributed by atoms with E-state index in [4.69, 9.17) is 9.84 Å². The maximum Gasteiger partial charge on any atom is 0.305 e. The third-order valence-corrected chi connectivity index (χ3v) is 8.18. The van der Waals surface area contributed by atoms with Gasteiger partial charge in [0.2, 0.25) is 0 Å². The molecule has 3 rings (SSSR count). The third-order valence-electron chi connectivity index (χ3n) is 6.64. The highest BCUT2D eigenvalue weighted by Crippen LogP contribution is 2.35. The smallest absolute Gasteiger partial charge is 0.305 e. The van der Waals surface area contributed by atoms with Crippen LogP contribution in [0.2, 0.25) is 0 Å². The fourth-order valence-electron chi connectivity index (χ4n) is 4.91. The van der Waals surface area contributed by atoms with Crippen molar-refractivity contribution in [3.63, 3.8) is 0 Å². The van der Waals surface area contributed by atoms with E-state index in [0.29, 0.717) is 35.5 Å². The van der Waals surface area contributed by atoms with Crippen molar-refractivity contribution < 1.29 is 9.53 Å². The Balaban J connectivity index is 1.71. The summed E-state index contributed by atoms with van der Waals surface area (Å²) in [6, 6.07) is 9.52. The fraction of sp³-hybridized carbons (Fsp3) is 0.655. The number of hydrogen-bond acceptors (Lipinski definition) is 4. The van der Waals surface area contributed by atoms with Gasteiger partial charge in [-0.2, -0.15) is 16.9 Å². The molecule has 2 aromatic rings. The predicted octanol–water partition coefficient (Wildman–Crippen LogP) is 7.10. The molecule has 1 fully saturated rings. The maximum absolute atomic E-state index is 11.8. The SMILES string of the molecule is CCCC(=O)OC[C@@H]1CCC[C@H](Cc2nn(C(C)C)c(C)c2Cc2ccc(CC(C)C)cc2)S1. The Morgan fingerprint density at radius 1 is 1.12 bits per heavy atom. The molecule has 188 valence electrons. The van der Waals surface area contributed by atoms with Crippen molar-refractivity contribution in [1.82, 2.24) is 9.78 Å². The van der Waals surface area contributed by atoms with Crippen LogP contribution in [0.1, 0.15) is 101 Å². The molecule has 1 saturated heterocycles. The highest BCUT2D eigenvalue weighted by Gasteiger charge is 2.27. The number of aromatic nitrogens is 2. The van der Waals surface area contributed by atoms with Gasteiger partial charge in [0.15, 0.2) is 0 Å². The normalized spacial score (nSPS) is 18.6. The Morgan fingerprint density at radius 3 is 2.44 bits per heavy atom. The minimum Gasteiger partial charge on any atom is -0.464 e. The molecule has 0 N–H and O–H groups in total. The van der Waals surface area contributed by atoms with Crippen LogP contribution in [0.15, 0.2) is 24.3 Å². The summed E-state index contributed by atoms with van der Waals surface area (Å²) in [5.41, 5.74) is 6.71. The lowest BCUT2D eigenvalue weighted by Crippen LogP contribution is -2.25. The summed E-state index contributed by atoms with van der Waals surface area (Å²) in [6.07, 6.45) is 7.97. The molecule has 1 aromatic carbocycles. The van der Waals surface area contributed by atoms with Crippen LogP contribution >= 0.6 is 11.8 Å². The number of esters is 1. The zero-order valence-corrected chi connectivity index (χ0v) is 22.9. The van der Waals surface area contributed by atoms with Crippen molar-refractivity contribution in [3.05, 3.63) is 52.3 Å². The Bertz CT molecular complexity index is 917. The van der Waals surface area contributed by atoms with E-state index >= 15 is 0 Å². The molecule has 1 aromatic heterocycles. The number of ether oxygens (including phenoxy) is 1. The van der Waals surface area contributed by atoms with Gasteiger partial charge in [-0.1, -0.05) is 51.5 Å². The summed E-state index contributed by atoms with van der Waals surface area (Å²) in [6.45, 7) is 13.8. The minimum absolute atomic E-state index is 0.0572. The number of thioether (sulfide) groups is 1. The molecule has 1 aliphatic rings. The van der Waals surface area contributed by atoms with Crippen molar-refractivity contribution in [2.75, 3.05) is 6.61 Å². The third kappa shape index (κ3) is 7.63. The first kappa shape index (κ1) is 26.8. The second-order valence-electron chi connectivity index (χ2n) is 10.6. The zero-order valence-electron chi connectivity index (χ0n) is 22.1. The van der Waals surface area contributed by atoms with Crippen molar-refractivity contribution in [2.24, 2.45) is 5.92 Å². The first-order chi connectivity index (χ1) is 16.3. The topological polar surface area (TPSA) is 44.1 Å². The van der Waals surface area contributed by atoms with Crippen LogP contribution in [0.3, 0.4) is 0 Å². The molecule has 0 aliphatic carbocycles. The summed E-state index contributed by atoms with van der Waals surface area (Å²) in [7, 11) is 0. The van der Waals surface area contributed by atoms with Crippen molar-refractivity contribution in [3.8, 4) is 0 Å². The lowest BCUT2D eigenvalue weighted by atomic mass is 9.97. The summed E-state index contributed by atoms with van der Waals surface area (Å²) >= 11 is 2.01. The molecule has 4 nitrogen and oxygen atoms in total. The predicted molar refractivity (Wildman–Crippen MR) is 144 cm³/mol. The molecule has 34 heavy (non-hydrogen) atoms. The van der Waals surface area contributed by atoms with Crippen LogP contribution in [0, 0.1) is 12.8 Å². The molecule has 0 bridgehead atoms. The van der Waals surface area contributed by atoms with Crippen LogP contribution in [0.5, 0.6) is 0 Å². The van der Waals surface area contributed by atoms with Gasteiger partial charge in [-0.25, -0.2) is 0 Å². The average molecular weight is 485 g/mol. The highest BCUT2D eigenvalue weighted by atomic mass is 32.2. The van der Waals surface area contributed by atoms with E-state index in [1.54, 1.807) is 0 Å². The summed E-state index contributed by atoms with van der Waals surface area (Å²) < 4.78 is 7.74. The Labute approximate surface area is 211 Å². The average Bonchev–Trinajstić information content (AvgIpc) is 3.09. The van der Waals surface area contributed by atoms with Crippen LogP contribution in [-0.2, 0) is 28.8 Å². The summed E-state index contributed by atoms with van der Waals surface area (Å²) in [5.74, 6) is 0.620. The molecule has 5 heteroatoms. The summed E-state index contributed by atoms with van der Waals surface area (Å²) in [4.78, 5) is 11.8. The number of nitrogens with zero attached hydrogens (tertiary/aromatic N) is 2. The number of rotatable bonds is 11. The van der Waals surface area contributed by atoms with E-state index in [1.807, 2.05) is 18.7 Å². The molecule has 1 aliphatic heterocycles. The first-order valence-electron chi connectivity index (χ1n) is 13.2. The maximum atomic E-state index is 11.8. The first-order valence-corrected chi connectivity index (χ1v) is 14.2. The molecule has 0 amide bonds. The quantitative estimate of drug-likeness (QED) is 0.319. The molecular formula is C29H44N2O2S. The Hall–Kier alpha value is -1.75. The van der Waals surface area contributed by atoms with Gasteiger partial charge in [0.1, 0.15) is 6.61 Å². The van der Waals surface area contributed by atoms with E-state index < -0.39 is 0 Å². The van der Waals surface area contributed by atoms with Gasteiger partial charge in [-0.15, -0.1) is 0 Å². The number of benzene rings is 1. The van der Waals surface area contributed by atoms with Gasteiger partial charge in [0, 0.05) is 47.1 Å². The standard InChI is InChI=1S/C29H44N2O2S/c1-7-9-29(32)33-19-26-11-8-10-25(34-26)18-28-27(22(6)31(30-28)21(4)5)17-24-14-12-23(13-15-24)16-20(2)3/h12-15,20-21,25-26H,7-11,16-19H2,1-6H3/t25-,26+/m1/s1. The van der Waals surface area contributed by atoms with Crippen molar-refractivity contribution >= 4 is 17.7 Å². The van der Waals surface area contributed by atoms with Gasteiger partial charge in [0.05, 0.1) is 5.69 Å². The van der Waals surface area contributed by atoms with E-state index in [-0.39, 0.29) is 5.97 Å². The van der Waals surface area contributed by atoms with E-state index in [2.05, 4.69) is 63.6 Å². The van der Waals surface area contributed by atoms with Crippen LogP contribution in [0.4, 0.5) is 0 Å². The monoisotopic (exact) mass is 484 g/mol. The fourth-order valence-corrected chi connectivity index (χ4v) is 6.46. The largest absolute Gasteiger partial charge is 0.464 e. The minimum atomic E-state index is -0.0572. The van der Waals surface area contributed by atoms with Crippen LogP contribution in [-0.4, -0.2) is 32.9 Å². The van der Waals surface area contributed by atoms with Gasteiger partial charge >= 0.3 is 5.97 Å². The molecule has 2 heterocycles. The summed E-state index contributed by atoms with van der Waals surface area (Å²) in [5, 5.41) is 6.04. The van der Waals surface area contributed by atoms with Gasteiger partial charge < -0.3 is 4.74 Å². The molecule has 0 unspecified atom stereocenters. The van der Waals surface area contributed by atoms with Crippen LogP contribution in [0.25, 0.3) is 0 Å². The lowest BCUT2D eigenvalue weighted by molar-refractivity contribution is -0.143. The second kappa shape index (κ2) is 12.8. The number of carbonyl (C=O) groups excluding carboxylic acids is 1. The molecule has 0 saturated carbocycles. The Morgan fingerprint density at radius 2 is 1.79 bits per heavy atom. The number of carbonyl (C=O) groups is 1. The molecular weight excluding hydrogens is 440 g/mol. The second-order valence-corrected chi connectivity index (χ2v) is 12.2. The molecule has 2 atom stereocenters. The van der Waals surface area contributed by atoms with Gasteiger partial charge in [-0.05, 0) is 63.5 Å². The molecule has 0 radical (unpaired) electrons.